The highest BCUT2D eigenvalue weighted by atomic mass is 16.2. The summed E-state index contributed by atoms with van der Waals surface area (Å²) in [6.45, 7) is 5.98. The first-order valence-corrected chi connectivity index (χ1v) is 9.86. The van der Waals surface area contributed by atoms with E-state index in [2.05, 4.69) is 29.5 Å². The smallest absolute Gasteiger partial charge is 0.267 e. The van der Waals surface area contributed by atoms with E-state index in [4.69, 9.17) is 0 Å². The van der Waals surface area contributed by atoms with E-state index in [9.17, 15) is 9.59 Å². The van der Waals surface area contributed by atoms with Gasteiger partial charge in [-0.1, -0.05) is 42.5 Å². The number of nitrogens with one attached hydrogen (secondary N) is 1. The van der Waals surface area contributed by atoms with Crippen LogP contribution in [0.1, 0.15) is 16.7 Å². The summed E-state index contributed by atoms with van der Waals surface area (Å²) >= 11 is 0. The summed E-state index contributed by atoms with van der Waals surface area (Å²) in [7, 11) is 0. The van der Waals surface area contributed by atoms with Crippen molar-refractivity contribution in [3.63, 3.8) is 0 Å². The van der Waals surface area contributed by atoms with Crippen molar-refractivity contribution in [1.29, 1.82) is 0 Å². The molecule has 30 heavy (non-hydrogen) atoms. The lowest BCUT2D eigenvalue weighted by atomic mass is 9.99. The molecule has 0 saturated carbocycles. The van der Waals surface area contributed by atoms with Crippen molar-refractivity contribution in [2.24, 2.45) is 0 Å². The summed E-state index contributed by atoms with van der Waals surface area (Å²) in [6, 6.07) is 20.9. The fourth-order valence-corrected chi connectivity index (χ4v) is 3.60. The van der Waals surface area contributed by atoms with Crippen molar-refractivity contribution in [2.75, 3.05) is 5.32 Å². The molecule has 0 radical (unpaired) electrons. The lowest BCUT2D eigenvalue weighted by molar-refractivity contribution is -0.117. The van der Waals surface area contributed by atoms with E-state index in [0.717, 1.165) is 27.5 Å². The third-order valence-electron chi connectivity index (χ3n) is 5.34. The molecule has 0 atom stereocenters. The Morgan fingerprint density at radius 1 is 0.900 bits per heavy atom. The summed E-state index contributed by atoms with van der Waals surface area (Å²) < 4.78 is 1.21. The van der Waals surface area contributed by atoms with Crippen LogP contribution in [-0.2, 0) is 11.3 Å². The fourth-order valence-electron chi connectivity index (χ4n) is 3.60. The van der Waals surface area contributed by atoms with E-state index in [1.165, 1.54) is 16.3 Å². The fraction of sp³-hybridized carbons (Fsp3) is 0.160. The van der Waals surface area contributed by atoms with Gasteiger partial charge in [0.05, 0.1) is 5.69 Å². The number of benzene rings is 3. The zero-order chi connectivity index (χ0) is 21.3. The lowest BCUT2D eigenvalue weighted by Gasteiger charge is -2.12. The van der Waals surface area contributed by atoms with Crippen molar-refractivity contribution in [3.05, 3.63) is 93.8 Å². The van der Waals surface area contributed by atoms with Gasteiger partial charge in [-0.2, -0.15) is 5.10 Å². The molecule has 0 spiro atoms. The van der Waals surface area contributed by atoms with Crippen LogP contribution in [0.5, 0.6) is 0 Å². The number of hydrogen-bond acceptors (Lipinski definition) is 3. The number of hydrogen-bond donors (Lipinski definition) is 1. The predicted octanol–water partition coefficient (Wildman–Crippen LogP) is 4.63. The Morgan fingerprint density at radius 3 is 2.47 bits per heavy atom. The van der Waals surface area contributed by atoms with Gasteiger partial charge in [-0.15, -0.1) is 0 Å². The van der Waals surface area contributed by atoms with Gasteiger partial charge in [0, 0.05) is 22.7 Å². The third kappa shape index (κ3) is 3.87. The number of carbonyl (C=O) groups is 1. The van der Waals surface area contributed by atoms with Gasteiger partial charge in [0.25, 0.3) is 5.56 Å². The van der Waals surface area contributed by atoms with Gasteiger partial charge in [0.1, 0.15) is 6.54 Å². The number of aromatic nitrogens is 2. The van der Waals surface area contributed by atoms with Crippen molar-refractivity contribution < 1.29 is 4.79 Å². The van der Waals surface area contributed by atoms with Crippen LogP contribution >= 0.6 is 0 Å². The van der Waals surface area contributed by atoms with Crippen LogP contribution in [-0.4, -0.2) is 15.7 Å². The second kappa shape index (κ2) is 7.95. The third-order valence-corrected chi connectivity index (χ3v) is 5.34. The summed E-state index contributed by atoms with van der Waals surface area (Å²) in [6.07, 6.45) is 0. The minimum absolute atomic E-state index is 0.153. The molecule has 3 aromatic carbocycles. The molecular weight excluding hydrogens is 374 g/mol. The number of fused-ring (bicyclic) bond motifs is 1. The molecule has 4 rings (SSSR count). The Labute approximate surface area is 175 Å². The SMILES string of the molecule is Cc1cc(C)c(-c2ccc(=O)n(CC(=O)Nc3cccc4ccccc34)n2)cc1C. The minimum Gasteiger partial charge on any atom is -0.324 e. The van der Waals surface area contributed by atoms with Crippen molar-refractivity contribution in [1.82, 2.24) is 9.78 Å². The predicted molar refractivity (Wildman–Crippen MR) is 121 cm³/mol. The molecule has 0 bridgehead atoms. The standard InChI is InChI=1S/C25H23N3O2/c1-16-13-18(3)21(14-17(16)2)23-11-12-25(30)28(27-23)15-24(29)26-22-10-6-8-19-7-4-5-9-20(19)22/h4-14H,15H2,1-3H3,(H,26,29). The molecule has 1 N–H and O–H groups in total. The highest BCUT2D eigenvalue weighted by Gasteiger charge is 2.12. The molecule has 1 heterocycles. The van der Waals surface area contributed by atoms with Crippen molar-refractivity contribution in [2.45, 2.75) is 27.3 Å². The molecule has 1 aromatic heterocycles. The van der Waals surface area contributed by atoms with Crippen LogP contribution < -0.4 is 10.9 Å². The Kier molecular flexibility index (Phi) is 5.19. The molecule has 4 aromatic rings. The van der Waals surface area contributed by atoms with Crippen molar-refractivity contribution in [3.8, 4) is 11.3 Å². The first kappa shape index (κ1) is 19.6. The van der Waals surface area contributed by atoms with Gasteiger partial charge in [0.15, 0.2) is 0 Å². The van der Waals surface area contributed by atoms with Crippen LogP contribution in [0.4, 0.5) is 5.69 Å². The average molecular weight is 397 g/mol. The first-order chi connectivity index (χ1) is 14.4. The molecule has 0 aliphatic carbocycles. The Balaban J connectivity index is 1.62. The molecule has 5 nitrogen and oxygen atoms in total. The second-order valence-electron chi connectivity index (χ2n) is 7.54. The number of amides is 1. The molecule has 0 saturated heterocycles. The van der Waals surface area contributed by atoms with Gasteiger partial charge in [-0.25, -0.2) is 4.68 Å². The van der Waals surface area contributed by atoms with Gasteiger partial charge in [0.2, 0.25) is 5.91 Å². The summed E-state index contributed by atoms with van der Waals surface area (Å²) in [5.41, 5.74) is 5.48. The van der Waals surface area contributed by atoms with E-state index in [1.54, 1.807) is 6.07 Å². The summed E-state index contributed by atoms with van der Waals surface area (Å²) in [4.78, 5) is 25.0. The molecule has 0 unspecified atom stereocenters. The maximum absolute atomic E-state index is 12.7. The molecule has 1 amide bonds. The molecule has 0 aliphatic rings. The summed E-state index contributed by atoms with van der Waals surface area (Å²) in [5.74, 6) is -0.296. The van der Waals surface area contributed by atoms with Crippen LogP contribution in [0.15, 0.2) is 71.5 Å². The number of carbonyl (C=O) groups excluding carboxylic acids is 1. The first-order valence-electron chi connectivity index (χ1n) is 9.86. The number of nitrogens with zero attached hydrogens (tertiary/aromatic N) is 2. The quantitative estimate of drug-likeness (QED) is 0.546. The Hall–Kier alpha value is -3.73. The highest BCUT2D eigenvalue weighted by Crippen LogP contribution is 2.25. The number of anilines is 1. The maximum Gasteiger partial charge on any atom is 0.267 e. The van der Waals surface area contributed by atoms with Gasteiger partial charge in [-0.05, 0) is 61.0 Å². The van der Waals surface area contributed by atoms with Crippen LogP contribution in [0.3, 0.4) is 0 Å². The topological polar surface area (TPSA) is 64.0 Å². The zero-order valence-electron chi connectivity index (χ0n) is 17.3. The summed E-state index contributed by atoms with van der Waals surface area (Å²) in [5, 5.41) is 9.36. The molecular formula is C25H23N3O2. The minimum atomic E-state index is -0.312. The van der Waals surface area contributed by atoms with E-state index < -0.39 is 0 Å². The average Bonchev–Trinajstić information content (AvgIpc) is 2.73. The normalized spacial score (nSPS) is 10.9. The van der Waals surface area contributed by atoms with E-state index in [0.29, 0.717) is 11.4 Å². The van der Waals surface area contributed by atoms with Gasteiger partial charge in [-0.3, -0.25) is 9.59 Å². The zero-order valence-corrected chi connectivity index (χ0v) is 17.3. The number of aryl methyl sites for hydroxylation is 3. The van der Waals surface area contributed by atoms with E-state index in [1.807, 2.05) is 56.3 Å². The van der Waals surface area contributed by atoms with Gasteiger partial charge < -0.3 is 5.32 Å². The maximum atomic E-state index is 12.7. The van der Waals surface area contributed by atoms with E-state index in [-0.39, 0.29) is 18.0 Å². The molecule has 5 heteroatoms. The van der Waals surface area contributed by atoms with E-state index >= 15 is 0 Å². The van der Waals surface area contributed by atoms with Crippen LogP contribution in [0.2, 0.25) is 0 Å². The molecule has 0 aliphatic heterocycles. The van der Waals surface area contributed by atoms with Crippen LogP contribution in [0.25, 0.3) is 22.0 Å². The van der Waals surface area contributed by atoms with Gasteiger partial charge >= 0.3 is 0 Å². The Bertz CT molecular complexity index is 1320. The Morgan fingerprint density at radius 2 is 1.63 bits per heavy atom. The van der Waals surface area contributed by atoms with Crippen LogP contribution in [0, 0.1) is 20.8 Å². The number of rotatable bonds is 4. The monoisotopic (exact) mass is 397 g/mol. The molecule has 0 fully saturated rings. The largest absolute Gasteiger partial charge is 0.324 e. The lowest BCUT2D eigenvalue weighted by Crippen LogP contribution is -2.29. The van der Waals surface area contributed by atoms with Crippen molar-refractivity contribution >= 4 is 22.4 Å². The highest BCUT2D eigenvalue weighted by molar-refractivity contribution is 6.01. The second-order valence-corrected chi connectivity index (χ2v) is 7.54. The molecule has 150 valence electrons.